The number of H-pyrrole nitrogens is 1. The van der Waals surface area contributed by atoms with Crippen LogP contribution in [0.15, 0.2) is 48.7 Å². The van der Waals surface area contributed by atoms with E-state index in [4.69, 9.17) is 5.11 Å². The zero-order chi connectivity index (χ0) is 28.4. The highest BCUT2D eigenvalue weighted by Crippen LogP contribution is 2.37. The van der Waals surface area contributed by atoms with Crippen molar-refractivity contribution in [1.29, 1.82) is 0 Å². The number of hydrogen-bond donors (Lipinski definition) is 3. The highest BCUT2D eigenvalue weighted by atomic mass is 19.4. The molecule has 4 rings (SSSR count). The summed E-state index contributed by atoms with van der Waals surface area (Å²) in [4.78, 5) is 31.8. The molecule has 0 aliphatic carbocycles. The Bertz CT molecular complexity index is 1300. The van der Waals surface area contributed by atoms with E-state index < -0.39 is 41.0 Å². The van der Waals surface area contributed by atoms with Gasteiger partial charge >= 0.3 is 12.4 Å². The summed E-state index contributed by atoms with van der Waals surface area (Å²) < 4.78 is 80.5. The highest BCUT2D eigenvalue weighted by molar-refractivity contribution is 5.95. The fourth-order valence-corrected chi connectivity index (χ4v) is 4.76. The molecule has 2 aromatic carbocycles. The van der Waals surface area contributed by atoms with E-state index in [1.807, 2.05) is 24.3 Å². The number of benzene rings is 2. The van der Waals surface area contributed by atoms with Gasteiger partial charge in [-0.1, -0.05) is 18.2 Å². The minimum Gasteiger partial charge on any atom is -0.395 e. The topological polar surface area (TPSA) is 88.7 Å². The van der Waals surface area contributed by atoms with E-state index in [-0.39, 0.29) is 57.7 Å². The minimum absolute atomic E-state index is 0.0108. The minimum atomic E-state index is -5.08. The molecular weight excluding hydrogens is 530 g/mol. The average Bonchev–Trinajstić information content (AvgIpc) is 3.28. The summed E-state index contributed by atoms with van der Waals surface area (Å²) in [6, 6.07) is 7.58. The van der Waals surface area contributed by atoms with Crippen molar-refractivity contribution in [1.82, 2.24) is 20.1 Å². The second-order valence-electron chi connectivity index (χ2n) is 9.32. The Kier molecular flexibility index (Phi) is 8.21. The quantitative estimate of drug-likeness (QED) is 0.388. The van der Waals surface area contributed by atoms with Crippen molar-refractivity contribution >= 4 is 22.7 Å². The Balaban J connectivity index is 1.66. The van der Waals surface area contributed by atoms with Crippen LogP contribution in [0.2, 0.25) is 0 Å². The predicted octanol–water partition coefficient (Wildman–Crippen LogP) is 3.68. The first-order valence-electron chi connectivity index (χ1n) is 12.1. The second kappa shape index (κ2) is 11.3. The van der Waals surface area contributed by atoms with Crippen LogP contribution in [-0.4, -0.2) is 77.1 Å². The molecule has 7 nitrogen and oxygen atoms in total. The van der Waals surface area contributed by atoms with Gasteiger partial charge in [-0.3, -0.25) is 14.5 Å². The smallest absolute Gasteiger partial charge is 0.395 e. The summed E-state index contributed by atoms with van der Waals surface area (Å²) in [5, 5.41) is 12.3. The first-order valence-corrected chi connectivity index (χ1v) is 12.1. The highest BCUT2D eigenvalue weighted by Gasteiger charge is 2.39. The van der Waals surface area contributed by atoms with Gasteiger partial charge in [-0.05, 0) is 36.2 Å². The van der Waals surface area contributed by atoms with Crippen molar-refractivity contribution in [2.75, 3.05) is 39.3 Å². The maximum Gasteiger partial charge on any atom is 0.416 e. The molecule has 0 spiro atoms. The molecular formula is C26H26F6N4O3. The summed E-state index contributed by atoms with van der Waals surface area (Å²) in [5.41, 5.74) is -2.20. The third kappa shape index (κ3) is 6.71. The van der Waals surface area contributed by atoms with E-state index >= 15 is 0 Å². The molecule has 1 atom stereocenters. The van der Waals surface area contributed by atoms with E-state index in [0.29, 0.717) is 12.1 Å². The number of carbonyl (C=O) groups is 2. The van der Waals surface area contributed by atoms with Crippen LogP contribution in [0.3, 0.4) is 0 Å². The number of aromatic amines is 1. The molecule has 1 aliphatic rings. The Hall–Kier alpha value is -3.58. The van der Waals surface area contributed by atoms with Gasteiger partial charge in [0.15, 0.2) is 0 Å². The van der Waals surface area contributed by atoms with Crippen LogP contribution in [0.1, 0.15) is 27.0 Å². The number of halogens is 6. The van der Waals surface area contributed by atoms with Crippen molar-refractivity contribution < 1.29 is 41.0 Å². The molecule has 39 heavy (non-hydrogen) atoms. The third-order valence-electron chi connectivity index (χ3n) is 6.59. The number of amides is 2. The molecule has 210 valence electrons. The van der Waals surface area contributed by atoms with Crippen LogP contribution in [0.5, 0.6) is 0 Å². The van der Waals surface area contributed by atoms with Crippen LogP contribution in [-0.2, 0) is 23.6 Å². The van der Waals surface area contributed by atoms with Gasteiger partial charge in [-0.2, -0.15) is 26.3 Å². The van der Waals surface area contributed by atoms with Gasteiger partial charge in [0, 0.05) is 54.9 Å². The van der Waals surface area contributed by atoms with Crippen molar-refractivity contribution in [3.8, 4) is 0 Å². The molecule has 2 amide bonds. The van der Waals surface area contributed by atoms with Gasteiger partial charge in [0.1, 0.15) is 0 Å². The number of alkyl halides is 6. The summed E-state index contributed by atoms with van der Waals surface area (Å²) >= 11 is 0. The number of carbonyl (C=O) groups excluding carboxylic acids is 2. The first kappa shape index (κ1) is 28.4. The third-order valence-corrected chi connectivity index (χ3v) is 6.59. The molecule has 1 saturated heterocycles. The summed E-state index contributed by atoms with van der Waals surface area (Å²) in [7, 11) is 0. The predicted molar refractivity (Wildman–Crippen MR) is 130 cm³/mol. The van der Waals surface area contributed by atoms with E-state index in [1.54, 1.807) is 11.1 Å². The Morgan fingerprint density at radius 3 is 2.31 bits per heavy atom. The number of hydrogen-bond acceptors (Lipinski definition) is 4. The van der Waals surface area contributed by atoms with E-state index in [2.05, 4.69) is 10.3 Å². The van der Waals surface area contributed by atoms with Gasteiger partial charge in [-0.25, -0.2) is 0 Å². The average molecular weight is 557 g/mol. The van der Waals surface area contributed by atoms with Crippen molar-refractivity contribution in [2.24, 2.45) is 0 Å². The van der Waals surface area contributed by atoms with Crippen LogP contribution in [0.4, 0.5) is 26.3 Å². The van der Waals surface area contributed by atoms with Crippen molar-refractivity contribution in [3.05, 3.63) is 70.9 Å². The molecule has 13 heteroatoms. The number of nitrogens with one attached hydrogen (secondary N) is 2. The lowest BCUT2D eigenvalue weighted by molar-refractivity contribution is -0.143. The number of rotatable bonds is 7. The molecule has 0 unspecified atom stereocenters. The van der Waals surface area contributed by atoms with Crippen LogP contribution in [0.25, 0.3) is 10.9 Å². The molecule has 2 heterocycles. The lowest BCUT2D eigenvalue weighted by Gasteiger charge is -2.41. The number of aromatic nitrogens is 1. The zero-order valence-corrected chi connectivity index (χ0v) is 20.6. The van der Waals surface area contributed by atoms with E-state index in [0.717, 1.165) is 16.5 Å². The molecule has 1 aromatic heterocycles. The number of piperazine rings is 1. The van der Waals surface area contributed by atoms with E-state index in [1.165, 1.54) is 4.90 Å². The number of nitrogens with zero attached hydrogens (tertiary/aromatic N) is 2. The van der Waals surface area contributed by atoms with E-state index in [9.17, 15) is 35.9 Å². The monoisotopic (exact) mass is 556 g/mol. The number of aliphatic hydroxyl groups excluding tert-OH is 1. The Morgan fingerprint density at radius 2 is 1.67 bits per heavy atom. The fourth-order valence-electron chi connectivity index (χ4n) is 4.76. The maximum absolute atomic E-state index is 13.5. The molecule has 0 saturated carbocycles. The molecule has 1 fully saturated rings. The van der Waals surface area contributed by atoms with Gasteiger partial charge in [0.25, 0.3) is 5.91 Å². The van der Waals surface area contributed by atoms with Gasteiger partial charge in [0.05, 0.1) is 24.3 Å². The fraction of sp³-hybridized carbons (Fsp3) is 0.385. The number of para-hydroxylation sites is 1. The molecule has 1 aliphatic heterocycles. The van der Waals surface area contributed by atoms with Crippen LogP contribution >= 0.6 is 0 Å². The normalized spacial score (nSPS) is 17.0. The van der Waals surface area contributed by atoms with Crippen LogP contribution in [0, 0.1) is 0 Å². The largest absolute Gasteiger partial charge is 0.416 e. The standard InChI is InChI=1S/C26H26F6N4O3/c27-25(28,29)18-9-16(10-19(12-18)26(30,31)32)24(39)36-7-6-35(15-23(38)33-5-8-37)14-20(36)11-17-13-34-22-4-2-1-3-21(17)22/h1-4,9-10,12-13,20,34,37H,5-8,11,14-15H2,(H,33,38)/t20-/m1/s1. The molecule has 3 N–H and O–H groups in total. The maximum atomic E-state index is 13.5. The van der Waals surface area contributed by atoms with Gasteiger partial charge in [0.2, 0.25) is 5.91 Å². The van der Waals surface area contributed by atoms with Crippen molar-refractivity contribution in [3.63, 3.8) is 0 Å². The van der Waals surface area contributed by atoms with Crippen molar-refractivity contribution in [2.45, 2.75) is 24.8 Å². The Morgan fingerprint density at radius 1 is 1.00 bits per heavy atom. The lowest BCUT2D eigenvalue weighted by atomic mass is 9.98. The second-order valence-corrected chi connectivity index (χ2v) is 9.32. The summed E-state index contributed by atoms with van der Waals surface area (Å²) in [5.74, 6) is -1.32. The zero-order valence-electron chi connectivity index (χ0n) is 20.6. The Labute approximate surface area is 219 Å². The molecule has 0 bridgehead atoms. The number of aliphatic hydroxyl groups is 1. The molecule has 3 aromatic rings. The van der Waals surface area contributed by atoms with Crippen LogP contribution < -0.4 is 5.32 Å². The van der Waals surface area contributed by atoms with Gasteiger partial charge < -0.3 is 20.3 Å². The first-order chi connectivity index (χ1) is 18.4. The van der Waals surface area contributed by atoms with Gasteiger partial charge in [-0.15, -0.1) is 0 Å². The summed E-state index contributed by atoms with van der Waals surface area (Å²) in [6.45, 7) is 0.0861. The summed E-state index contributed by atoms with van der Waals surface area (Å²) in [6.07, 6.45) is -8.18. The SMILES string of the molecule is O=C(CN1CCN(C(=O)c2cc(C(F)(F)F)cc(C(F)(F)F)c2)[C@H](Cc2c[nH]c3ccccc23)C1)NCCO. The molecule has 0 radical (unpaired) electrons. The lowest BCUT2D eigenvalue weighted by Crippen LogP contribution is -2.57. The number of fused-ring (bicyclic) bond motifs is 1.